The van der Waals surface area contributed by atoms with Gasteiger partial charge in [0.1, 0.15) is 0 Å². The van der Waals surface area contributed by atoms with E-state index < -0.39 is 29.7 Å². The normalized spacial score (nSPS) is 21.9. The van der Waals surface area contributed by atoms with Crippen molar-refractivity contribution in [1.82, 2.24) is 5.32 Å². The number of methoxy groups -OCH3 is 1. The Morgan fingerprint density at radius 2 is 2.15 bits per heavy atom. The predicted octanol–water partition coefficient (Wildman–Crippen LogP) is 1.73. The third-order valence-electron chi connectivity index (χ3n) is 3.48. The first kappa shape index (κ1) is 14.3. The fourth-order valence-electron chi connectivity index (χ4n) is 2.11. The molecule has 2 N–H and O–H groups in total. The second-order valence-corrected chi connectivity index (χ2v) is 4.91. The molecule has 0 aliphatic heterocycles. The molecule has 3 atom stereocenters. The number of benzene rings is 1. The molecule has 0 bridgehead atoms. The second kappa shape index (κ2) is 5.48. The Balaban J connectivity index is 1.98. The van der Waals surface area contributed by atoms with Crippen molar-refractivity contribution in [2.45, 2.75) is 19.4 Å². The molecule has 20 heavy (non-hydrogen) atoms. The Hall–Kier alpha value is -2.11. The molecule has 1 fully saturated rings. The van der Waals surface area contributed by atoms with E-state index in [2.05, 4.69) is 5.32 Å². The van der Waals surface area contributed by atoms with E-state index in [4.69, 9.17) is 9.84 Å². The van der Waals surface area contributed by atoms with Crippen molar-refractivity contribution in [2.75, 3.05) is 7.11 Å². The smallest absolute Gasteiger partial charge is 0.307 e. The Labute approximate surface area is 115 Å². The molecule has 0 radical (unpaired) electrons. The summed E-state index contributed by atoms with van der Waals surface area (Å²) in [6.07, 6.45) is 0.366. The summed E-state index contributed by atoms with van der Waals surface area (Å²) in [6.45, 7) is 1.72. The van der Waals surface area contributed by atoms with Crippen LogP contribution in [0.2, 0.25) is 0 Å². The number of amides is 1. The maximum atomic E-state index is 13.6. The average molecular weight is 281 g/mol. The van der Waals surface area contributed by atoms with Gasteiger partial charge in [-0.05, 0) is 31.0 Å². The number of aliphatic carboxylic acids is 1. The molecule has 1 saturated carbocycles. The molecule has 0 spiro atoms. The molecule has 1 amide bonds. The summed E-state index contributed by atoms with van der Waals surface area (Å²) in [4.78, 5) is 22.5. The summed E-state index contributed by atoms with van der Waals surface area (Å²) in [5, 5.41) is 11.5. The first-order valence-corrected chi connectivity index (χ1v) is 6.30. The van der Waals surface area contributed by atoms with Crippen LogP contribution in [0.3, 0.4) is 0 Å². The molecule has 0 saturated heterocycles. The standard InChI is InChI=1S/C14H16FNO4/c1-7(8-3-4-12(20-2)11(15)5-8)16-13(17)9-6-10(9)14(18)19/h3-5,7,9-10H,6H2,1-2H3,(H,16,17)(H,18,19)/t7-,9+,10-/m0/s1. The number of carbonyl (C=O) groups excluding carboxylic acids is 1. The van der Waals surface area contributed by atoms with Gasteiger partial charge in [-0.2, -0.15) is 0 Å². The maximum Gasteiger partial charge on any atom is 0.307 e. The van der Waals surface area contributed by atoms with Crippen molar-refractivity contribution >= 4 is 11.9 Å². The van der Waals surface area contributed by atoms with E-state index in [0.29, 0.717) is 12.0 Å². The molecular formula is C14H16FNO4. The van der Waals surface area contributed by atoms with E-state index in [1.54, 1.807) is 13.0 Å². The number of halogens is 1. The van der Waals surface area contributed by atoms with E-state index in [0.717, 1.165) is 0 Å². The molecule has 2 rings (SSSR count). The number of ether oxygens (including phenoxy) is 1. The highest BCUT2D eigenvalue weighted by molar-refractivity contribution is 5.89. The molecule has 0 heterocycles. The Morgan fingerprint density at radius 3 is 2.65 bits per heavy atom. The average Bonchev–Trinajstić information content (AvgIpc) is 3.18. The SMILES string of the molecule is COc1ccc([C@H](C)NC(=O)[C@@H]2C[C@@H]2C(=O)O)cc1F. The number of carboxylic acids is 1. The number of rotatable bonds is 5. The maximum absolute atomic E-state index is 13.6. The van der Waals surface area contributed by atoms with E-state index in [1.807, 2.05) is 0 Å². The van der Waals surface area contributed by atoms with Gasteiger partial charge in [0.2, 0.25) is 5.91 Å². The van der Waals surface area contributed by atoms with E-state index in [9.17, 15) is 14.0 Å². The van der Waals surface area contributed by atoms with Gasteiger partial charge < -0.3 is 15.2 Å². The minimum Gasteiger partial charge on any atom is -0.494 e. The van der Waals surface area contributed by atoms with Crippen LogP contribution >= 0.6 is 0 Å². The van der Waals surface area contributed by atoms with Crippen LogP contribution in [-0.4, -0.2) is 24.1 Å². The topological polar surface area (TPSA) is 75.6 Å². The molecule has 5 nitrogen and oxygen atoms in total. The molecule has 0 aromatic heterocycles. The Bertz CT molecular complexity index is 546. The zero-order valence-corrected chi connectivity index (χ0v) is 11.2. The minimum atomic E-state index is -0.951. The van der Waals surface area contributed by atoms with Crippen molar-refractivity contribution in [3.05, 3.63) is 29.6 Å². The van der Waals surface area contributed by atoms with Gasteiger partial charge in [-0.25, -0.2) is 4.39 Å². The largest absolute Gasteiger partial charge is 0.494 e. The molecule has 1 aromatic carbocycles. The Kier molecular flexibility index (Phi) is 3.92. The lowest BCUT2D eigenvalue weighted by atomic mass is 10.1. The van der Waals surface area contributed by atoms with Crippen LogP contribution in [0.25, 0.3) is 0 Å². The highest BCUT2D eigenvalue weighted by Crippen LogP contribution is 2.39. The highest BCUT2D eigenvalue weighted by atomic mass is 19.1. The van der Waals surface area contributed by atoms with Crippen LogP contribution in [0.15, 0.2) is 18.2 Å². The molecular weight excluding hydrogens is 265 g/mol. The number of carboxylic acid groups (broad SMARTS) is 1. The summed E-state index contributed by atoms with van der Waals surface area (Å²) in [7, 11) is 1.38. The second-order valence-electron chi connectivity index (χ2n) is 4.91. The van der Waals surface area contributed by atoms with Gasteiger partial charge in [0.25, 0.3) is 0 Å². The van der Waals surface area contributed by atoms with Gasteiger partial charge >= 0.3 is 5.97 Å². The lowest BCUT2D eigenvalue weighted by Gasteiger charge is -2.15. The van der Waals surface area contributed by atoms with E-state index in [1.165, 1.54) is 19.2 Å². The fraction of sp³-hybridized carbons (Fsp3) is 0.429. The van der Waals surface area contributed by atoms with Gasteiger partial charge in [0.15, 0.2) is 11.6 Å². The monoisotopic (exact) mass is 281 g/mol. The molecule has 1 aliphatic carbocycles. The molecule has 1 aliphatic rings. The molecule has 0 unspecified atom stereocenters. The first-order valence-electron chi connectivity index (χ1n) is 6.30. The zero-order chi connectivity index (χ0) is 14.9. The van der Waals surface area contributed by atoms with Gasteiger partial charge in [-0.3, -0.25) is 9.59 Å². The summed E-state index contributed by atoms with van der Waals surface area (Å²) in [5.74, 6) is -2.68. The quantitative estimate of drug-likeness (QED) is 0.862. The summed E-state index contributed by atoms with van der Waals surface area (Å²) in [5.41, 5.74) is 0.601. The predicted molar refractivity (Wildman–Crippen MR) is 68.7 cm³/mol. The van der Waals surface area contributed by atoms with Crippen molar-refractivity contribution in [1.29, 1.82) is 0 Å². The lowest BCUT2D eigenvalue weighted by Crippen LogP contribution is -2.29. The first-order chi connectivity index (χ1) is 9.43. The molecule has 6 heteroatoms. The zero-order valence-electron chi connectivity index (χ0n) is 11.2. The summed E-state index contributed by atoms with van der Waals surface area (Å²) < 4.78 is 18.4. The van der Waals surface area contributed by atoms with Gasteiger partial charge in [0.05, 0.1) is 25.0 Å². The van der Waals surface area contributed by atoms with Gasteiger partial charge in [0, 0.05) is 0 Å². The van der Waals surface area contributed by atoms with Crippen LogP contribution in [0.5, 0.6) is 5.75 Å². The van der Waals surface area contributed by atoms with Crippen molar-refractivity contribution in [3.63, 3.8) is 0 Å². The summed E-state index contributed by atoms with van der Waals surface area (Å²) >= 11 is 0. The number of nitrogens with one attached hydrogen (secondary N) is 1. The molecule has 1 aromatic rings. The van der Waals surface area contributed by atoms with Crippen molar-refractivity contribution in [3.8, 4) is 5.75 Å². The fourth-order valence-corrected chi connectivity index (χ4v) is 2.11. The summed E-state index contributed by atoms with van der Waals surface area (Å²) in [6, 6.07) is 4.06. The van der Waals surface area contributed by atoms with Crippen LogP contribution in [-0.2, 0) is 9.59 Å². The number of carbonyl (C=O) groups is 2. The lowest BCUT2D eigenvalue weighted by molar-refractivity contribution is -0.140. The third-order valence-corrected chi connectivity index (χ3v) is 3.48. The van der Waals surface area contributed by atoms with Crippen LogP contribution < -0.4 is 10.1 Å². The third kappa shape index (κ3) is 2.89. The van der Waals surface area contributed by atoms with Gasteiger partial charge in [-0.15, -0.1) is 0 Å². The van der Waals surface area contributed by atoms with E-state index in [-0.39, 0.29) is 11.7 Å². The Morgan fingerprint density at radius 1 is 1.45 bits per heavy atom. The van der Waals surface area contributed by atoms with Crippen LogP contribution in [0.1, 0.15) is 24.9 Å². The van der Waals surface area contributed by atoms with Gasteiger partial charge in [-0.1, -0.05) is 6.07 Å². The number of hydrogen-bond donors (Lipinski definition) is 2. The highest BCUT2D eigenvalue weighted by Gasteiger charge is 2.48. The van der Waals surface area contributed by atoms with E-state index >= 15 is 0 Å². The van der Waals surface area contributed by atoms with Crippen molar-refractivity contribution < 1.29 is 23.8 Å². The van der Waals surface area contributed by atoms with Crippen LogP contribution in [0.4, 0.5) is 4.39 Å². The van der Waals surface area contributed by atoms with Crippen LogP contribution in [0, 0.1) is 17.7 Å². The minimum absolute atomic E-state index is 0.139. The van der Waals surface area contributed by atoms with Crippen molar-refractivity contribution in [2.24, 2.45) is 11.8 Å². The molecule has 108 valence electrons. The number of hydrogen-bond acceptors (Lipinski definition) is 3.